The summed E-state index contributed by atoms with van der Waals surface area (Å²) < 4.78 is 5.10. The van der Waals surface area contributed by atoms with Crippen molar-refractivity contribution in [2.75, 3.05) is 7.11 Å². The Bertz CT molecular complexity index is 524. The van der Waals surface area contributed by atoms with Gasteiger partial charge in [-0.25, -0.2) is 4.79 Å². The first-order valence-corrected chi connectivity index (χ1v) is 6.60. The molecule has 0 saturated carbocycles. The molecule has 0 fully saturated rings. The standard InChI is InChI=1S/C16H19NO3/c1-3-4-5-14(15(10-11-17)16(18)19)12-6-8-13(20-2)9-7-12/h6-9H,3-5,10H2,1-2H3,(H,18,19). The van der Waals surface area contributed by atoms with Crippen LogP contribution in [0.15, 0.2) is 29.8 Å². The van der Waals surface area contributed by atoms with Gasteiger partial charge in [0.05, 0.1) is 25.2 Å². The number of unbranched alkanes of at least 4 members (excludes halogenated alkanes) is 1. The van der Waals surface area contributed by atoms with E-state index < -0.39 is 5.97 Å². The van der Waals surface area contributed by atoms with Crippen molar-refractivity contribution in [3.63, 3.8) is 0 Å². The highest BCUT2D eigenvalue weighted by atomic mass is 16.5. The van der Waals surface area contributed by atoms with Gasteiger partial charge in [0.1, 0.15) is 5.75 Å². The zero-order valence-corrected chi connectivity index (χ0v) is 11.8. The van der Waals surface area contributed by atoms with E-state index in [-0.39, 0.29) is 12.0 Å². The molecule has 1 rings (SSSR count). The second kappa shape index (κ2) is 8.00. The fourth-order valence-electron chi connectivity index (χ4n) is 2.01. The number of benzene rings is 1. The Balaban J connectivity index is 3.24. The van der Waals surface area contributed by atoms with Gasteiger partial charge in [-0.1, -0.05) is 25.5 Å². The molecule has 0 amide bonds. The van der Waals surface area contributed by atoms with E-state index in [4.69, 9.17) is 10.00 Å². The minimum absolute atomic E-state index is 0.0829. The van der Waals surface area contributed by atoms with Crippen LogP contribution in [0.5, 0.6) is 5.75 Å². The van der Waals surface area contributed by atoms with Crippen molar-refractivity contribution < 1.29 is 14.6 Å². The minimum atomic E-state index is -1.02. The van der Waals surface area contributed by atoms with E-state index in [1.165, 1.54) is 0 Å². The molecule has 1 aromatic rings. The van der Waals surface area contributed by atoms with Crippen LogP contribution in [0, 0.1) is 11.3 Å². The number of hydrogen-bond acceptors (Lipinski definition) is 3. The SMILES string of the molecule is CCCCC(=C(CC#N)C(=O)O)c1ccc(OC)cc1. The first-order valence-electron chi connectivity index (χ1n) is 6.60. The molecule has 4 nitrogen and oxygen atoms in total. The van der Waals surface area contributed by atoms with Gasteiger partial charge < -0.3 is 9.84 Å². The van der Waals surface area contributed by atoms with Gasteiger partial charge >= 0.3 is 5.97 Å². The van der Waals surface area contributed by atoms with Gasteiger partial charge in [0, 0.05) is 0 Å². The summed E-state index contributed by atoms with van der Waals surface area (Å²) in [5.74, 6) is -0.297. The molecule has 1 aromatic carbocycles. The van der Waals surface area contributed by atoms with E-state index in [1.807, 2.05) is 18.2 Å². The van der Waals surface area contributed by atoms with Gasteiger partial charge in [0.25, 0.3) is 0 Å². The van der Waals surface area contributed by atoms with Crippen LogP contribution < -0.4 is 4.74 Å². The second-order valence-electron chi connectivity index (χ2n) is 4.43. The Morgan fingerprint density at radius 2 is 2.00 bits per heavy atom. The van der Waals surface area contributed by atoms with E-state index in [0.717, 1.165) is 29.7 Å². The number of carbonyl (C=O) groups is 1. The van der Waals surface area contributed by atoms with Gasteiger partial charge in [-0.05, 0) is 36.1 Å². The lowest BCUT2D eigenvalue weighted by Gasteiger charge is -2.12. The maximum Gasteiger partial charge on any atom is 0.332 e. The number of carboxylic acids is 1. The lowest BCUT2D eigenvalue weighted by molar-refractivity contribution is -0.132. The molecule has 0 saturated heterocycles. The number of aliphatic carboxylic acids is 1. The van der Waals surface area contributed by atoms with Crippen molar-refractivity contribution in [2.45, 2.75) is 32.6 Å². The Kier molecular flexibility index (Phi) is 6.31. The van der Waals surface area contributed by atoms with E-state index in [0.29, 0.717) is 6.42 Å². The quantitative estimate of drug-likeness (QED) is 0.770. The number of carboxylic acid groups (broad SMARTS) is 1. The normalized spacial score (nSPS) is 11.4. The van der Waals surface area contributed by atoms with E-state index in [9.17, 15) is 9.90 Å². The first-order chi connectivity index (χ1) is 9.63. The largest absolute Gasteiger partial charge is 0.497 e. The maximum atomic E-state index is 11.4. The molecule has 1 N–H and O–H groups in total. The smallest absolute Gasteiger partial charge is 0.332 e. The molecule has 0 atom stereocenters. The Labute approximate surface area is 119 Å². The lowest BCUT2D eigenvalue weighted by Crippen LogP contribution is -2.04. The molecule has 0 heterocycles. The van der Waals surface area contributed by atoms with E-state index >= 15 is 0 Å². The molecular weight excluding hydrogens is 254 g/mol. The third kappa shape index (κ3) is 4.13. The predicted octanol–water partition coefficient (Wildman–Crippen LogP) is 3.64. The van der Waals surface area contributed by atoms with Gasteiger partial charge in [-0.3, -0.25) is 0 Å². The first kappa shape index (κ1) is 15.8. The highest BCUT2D eigenvalue weighted by molar-refractivity contribution is 5.96. The van der Waals surface area contributed by atoms with Gasteiger partial charge in [0.15, 0.2) is 0 Å². The third-order valence-corrected chi connectivity index (χ3v) is 3.10. The van der Waals surface area contributed by atoms with E-state index in [1.54, 1.807) is 19.2 Å². The van der Waals surface area contributed by atoms with Crippen molar-refractivity contribution in [1.29, 1.82) is 5.26 Å². The highest BCUT2D eigenvalue weighted by Crippen LogP contribution is 2.28. The zero-order chi connectivity index (χ0) is 15.0. The Morgan fingerprint density at radius 3 is 2.45 bits per heavy atom. The molecular formula is C16H19NO3. The summed E-state index contributed by atoms with van der Waals surface area (Å²) >= 11 is 0. The molecule has 0 aliphatic carbocycles. The van der Waals surface area contributed by atoms with Crippen LogP contribution in [0.1, 0.15) is 38.2 Å². The number of methoxy groups -OCH3 is 1. The highest BCUT2D eigenvalue weighted by Gasteiger charge is 2.15. The number of nitriles is 1. The molecule has 0 spiro atoms. The van der Waals surface area contributed by atoms with Crippen molar-refractivity contribution >= 4 is 11.5 Å². The van der Waals surface area contributed by atoms with Crippen molar-refractivity contribution in [3.8, 4) is 11.8 Å². The summed E-state index contributed by atoms with van der Waals surface area (Å²) in [6.07, 6.45) is 2.44. The average molecular weight is 273 g/mol. The molecule has 106 valence electrons. The zero-order valence-electron chi connectivity index (χ0n) is 11.8. The average Bonchev–Trinajstić information content (AvgIpc) is 2.46. The molecule has 4 heteroatoms. The van der Waals surface area contributed by atoms with Crippen LogP contribution in [0.4, 0.5) is 0 Å². The molecule has 0 aromatic heterocycles. The number of ether oxygens (including phenoxy) is 1. The number of nitrogens with zero attached hydrogens (tertiary/aromatic N) is 1. The lowest BCUT2D eigenvalue weighted by atomic mass is 9.93. The van der Waals surface area contributed by atoms with Gasteiger partial charge in [0.2, 0.25) is 0 Å². The van der Waals surface area contributed by atoms with Gasteiger partial charge in [-0.15, -0.1) is 0 Å². The van der Waals surface area contributed by atoms with Crippen LogP contribution in [0.3, 0.4) is 0 Å². The number of rotatable bonds is 7. The summed E-state index contributed by atoms with van der Waals surface area (Å²) in [6.45, 7) is 2.05. The van der Waals surface area contributed by atoms with Crippen molar-refractivity contribution in [3.05, 3.63) is 35.4 Å². The van der Waals surface area contributed by atoms with Crippen LogP contribution in [-0.2, 0) is 4.79 Å². The van der Waals surface area contributed by atoms with Crippen LogP contribution in [0.25, 0.3) is 5.57 Å². The summed E-state index contributed by atoms with van der Waals surface area (Å²) in [7, 11) is 1.58. The Hall–Kier alpha value is -2.28. The fourth-order valence-corrected chi connectivity index (χ4v) is 2.01. The monoisotopic (exact) mass is 273 g/mol. The summed E-state index contributed by atoms with van der Waals surface area (Å²) in [5, 5.41) is 18.1. The predicted molar refractivity (Wildman–Crippen MR) is 77.3 cm³/mol. The second-order valence-corrected chi connectivity index (χ2v) is 4.43. The maximum absolute atomic E-state index is 11.4. The summed E-state index contributed by atoms with van der Waals surface area (Å²) in [6, 6.07) is 9.21. The molecule has 20 heavy (non-hydrogen) atoms. The molecule has 0 radical (unpaired) electrons. The molecule has 0 aliphatic rings. The van der Waals surface area contributed by atoms with Crippen molar-refractivity contribution in [1.82, 2.24) is 0 Å². The van der Waals surface area contributed by atoms with Crippen LogP contribution >= 0.6 is 0 Å². The number of hydrogen-bond donors (Lipinski definition) is 1. The van der Waals surface area contributed by atoms with Crippen molar-refractivity contribution in [2.24, 2.45) is 0 Å². The summed E-state index contributed by atoms with van der Waals surface area (Å²) in [4.78, 5) is 11.4. The number of allylic oxidation sites excluding steroid dienone is 1. The van der Waals surface area contributed by atoms with Gasteiger partial charge in [-0.2, -0.15) is 5.26 Å². The molecule has 0 bridgehead atoms. The van der Waals surface area contributed by atoms with Crippen LogP contribution in [-0.4, -0.2) is 18.2 Å². The van der Waals surface area contributed by atoms with E-state index in [2.05, 4.69) is 6.92 Å². The summed E-state index contributed by atoms with van der Waals surface area (Å²) in [5.41, 5.74) is 1.77. The van der Waals surface area contributed by atoms with Crippen LogP contribution in [0.2, 0.25) is 0 Å². The third-order valence-electron chi connectivity index (χ3n) is 3.10. The minimum Gasteiger partial charge on any atom is -0.497 e. The molecule has 0 aliphatic heterocycles. The Morgan fingerprint density at radius 1 is 1.35 bits per heavy atom. The molecule has 0 unspecified atom stereocenters. The topological polar surface area (TPSA) is 70.3 Å². The fraction of sp³-hybridized carbons (Fsp3) is 0.375.